The van der Waals surface area contributed by atoms with E-state index in [0.717, 1.165) is 10.4 Å². The van der Waals surface area contributed by atoms with Crippen molar-refractivity contribution in [1.82, 2.24) is 4.90 Å². The molecule has 1 aliphatic heterocycles. The summed E-state index contributed by atoms with van der Waals surface area (Å²) in [4.78, 5) is 25.4. The van der Waals surface area contributed by atoms with Crippen molar-refractivity contribution >= 4 is 27.9 Å². The fourth-order valence-electron chi connectivity index (χ4n) is 2.66. The maximum Gasteiger partial charge on any atom is 0.270 e. The van der Waals surface area contributed by atoms with Crippen molar-refractivity contribution in [3.63, 3.8) is 0 Å². The number of fused-ring (bicyclic) bond motifs is 1. The Bertz CT molecular complexity index is 853. The molecule has 0 radical (unpaired) electrons. The first-order chi connectivity index (χ1) is 11.0. The topological polar surface area (TPSA) is 113 Å². The van der Waals surface area contributed by atoms with E-state index in [2.05, 4.69) is 6.07 Å². The van der Waals surface area contributed by atoms with Gasteiger partial charge in [0.15, 0.2) is 0 Å². The van der Waals surface area contributed by atoms with E-state index in [1.165, 1.54) is 29.5 Å². The number of amides is 1. The summed E-state index contributed by atoms with van der Waals surface area (Å²) in [6.45, 7) is 0.826. The zero-order valence-corrected chi connectivity index (χ0v) is 12.8. The predicted octanol–water partition coefficient (Wildman–Crippen LogP) is 2.31. The van der Waals surface area contributed by atoms with Gasteiger partial charge in [-0.3, -0.25) is 14.9 Å². The fraction of sp³-hybridized carbons (Fsp3) is 0.200. The number of hydrogen-bond donors (Lipinski definition) is 1. The van der Waals surface area contributed by atoms with Gasteiger partial charge in [0.05, 0.1) is 17.0 Å². The highest BCUT2D eigenvalue weighted by atomic mass is 32.1. The average Bonchev–Trinajstić information content (AvgIpc) is 2.88. The maximum absolute atomic E-state index is 12.6. The number of nitriles is 1. The number of nitro groups is 1. The molecule has 0 saturated carbocycles. The first-order valence-electron chi connectivity index (χ1n) is 6.85. The third-order valence-corrected chi connectivity index (χ3v) is 4.83. The van der Waals surface area contributed by atoms with Gasteiger partial charge in [0.1, 0.15) is 11.1 Å². The van der Waals surface area contributed by atoms with Crippen LogP contribution in [0.15, 0.2) is 24.3 Å². The van der Waals surface area contributed by atoms with Crippen molar-refractivity contribution in [2.75, 3.05) is 12.3 Å². The summed E-state index contributed by atoms with van der Waals surface area (Å²) in [6, 6.07) is 7.80. The Labute approximate surface area is 135 Å². The normalized spacial score (nSPS) is 13.3. The molecule has 0 atom stereocenters. The second-order valence-electron chi connectivity index (χ2n) is 5.14. The van der Waals surface area contributed by atoms with Crippen LogP contribution in [0, 0.1) is 21.4 Å². The molecule has 2 N–H and O–H groups in total. The average molecular weight is 328 g/mol. The molecule has 116 valence electrons. The third-order valence-electron chi connectivity index (χ3n) is 3.79. The van der Waals surface area contributed by atoms with Gasteiger partial charge in [0, 0.05) is 29.1 Å². The zero-order valence-electron chi connectivity index (χ0n) is 12.0. The van der Waals surface area contributed by atoms with E-state index in [-0.39, 0.29) is 17.2 Å². The SMILES string of the molecule is N#Cc1c(N)sc2c1CCN(C(=O)c1cccc([N+](=O)[O-])c1)C2. The van der Waals surface area contributed by atoms with Gasteiger partial charge in [-0.25, -0.2) is 0 Å². The molecule has 1 aromatic carbocycles. The highest BCUT2D eigenvalue weighted by Gasteiger charge is 2.27. The van der Waals surface area contributed by atoms with Gasteiger partial charge in [0.2, 0.25) is 0 Å². The molecule has 3 rings (SSSR count). The second kappa shape index (κ2) is 5.70. The van der Waals surface area contributed by atoms with Crippen LogP contribution in [0.4, 0.5) is 10.7 Å². The molecular weight excluding hydrogens is 316 g/mol. The summed E-state index contributed by atoms with van der Waals surface area (Å²) in [5, 5.41) is 20.4. The van der Waals surface area contributed by atoms with E-state index in [1.807, 2.05) is 0 Å². The van der Waals surface area contributed by atoms with Crippen LogP contribution < -0.4 is 5.73 Å². The van der Waals surface area contributed by atoms with Crippen LogP contribution in [0.25, 0.3) is 0 Å². The van der Waals surface area contributed by atoms with Gasteiger partial charge in [-0.15, -0.1) is 11.3 Å². The largest absolute Gasteiger partial charge is 0.389 e. The quantitative estimate of drug-likeness (QED) is 0.671. The van der Waals surface area contributed by atoms with Gasteiger partial charge >= 0.3 is 0 Å². The minimum atomic E-state index is -0.524. The van der Waals surface area contributed by atoms with Gasteiger partial charge < -0.3 is 10.6 Å². The molecule has 0 fully saturated rings. The molecule has 0 spiro atoms. The number of anilines is 1. The minimum absolute atomic E-state index is 0.110. The molecule has 0 aliphatic carbocycles. The Balaban J connectivity index is 1.86. The van der Waals surface area contributed by atoms with E-state index in [9.17, 15) is 14.9 Å². The Morgan fingerprint density at radius 3 is 2.96 bits per heavy atom. The number of thiophene rings is 1. The first-order valence-corrected chi connectivity index (χ1v) is 7.66. The second-order valence-corrected chi connectivity index (χ2v) is 6.28. The number of carbonyl (C=O) groups excluding carboxylic acids is 1. The molecule has 8 heteroatoms. The van der Waals surface area contributed by atoms with Crippen LogP contribution in [-0.2, 0) is 13.0 Å². The molecule has 1 aliphatic rings. The number of nitrogen functional groups attached to an aromatic ring is 1. The Kier molecular flexibility index (Phi) is 3.72. The number of rotatable bonds is 2. The summed E-state index contributed by atoms with van der Waals surface area (Å²) in [5.41, 5.74) is 7.43. The van der Waals surface area contributed by atoms with Crippen LogP contribution in [0.5, 0.6) is 0 Å². The van der Waals surface area contributed by atoms with Crippen molar-refractivity contribution in [2.45, 2.75) is 13.0 Å². The zero-order chi connectivity index (χ0) is 16.6. The molecule has 23 heavy (non-hydrogen) atoms. The highest BCUT2D eigenvalue weighted by Crippen LogP contribution is 2.35. The Morgan fingerprint density at radius 2 is 2.26 bits per heavy atom. The fourth-order valence-corrected chi connectivity index (χ4v) is 3.74. The standard InChI is InChI=1S/C15H12N4O3S/c16-7-12-11-4-5-18(8-13(11)23-14(12)17)15(20)9-2-1-3-10(6-9)19(21)22/h1-3,6H,4-5,8,17H2. The van der Waals surface area contributed by atoms with Crippen molar-refractivity contribution < 1.29 is 9.72 Å². The molecule has 0 unspecified atom stereocenters. The molecule has 1 aromatic heterocycles. The van der Waals surface area contributed by atoms with Gasteiger partial charge in [-0.05, 0) is 18.1 Å². The molecule has 1 amide bonds. The number of non-ortho nitro benzene ring substituents is 1. The van der Waals surface area contributed by atoms with E-state index in [0.29, 0.717) is 30.1 Å². The summed E-state index contributed by atoms with van der Waals surface area (Å²) in [6.07, 6.45) is 0.562. The number of nitrogens with zero attached hydrogens (tertiary/aromatic N) is 3. The highest BCUT2D eigenvalue weighted by molar-refractivity contribution is 7.16. The van der Waals surface area contributed by atoms with Crippen LogP contribution in [0.2, 0.25) is 0 Å². The van der Waals surface area contributed by atoms with Gasteiger partial charge in [-0.1, -0.05) is 6.07 Å². The summed E-state index contributed by atoms with van der Waals surface area (Å²) >= 11 is 1.32. The lowest BCUT2D eigenvalue weighted by molar-refractivity contribution is -0.384. The smallest absolute Gasteiger partial charge is 0.270 e. The van der Waals surface area contributed by atoms with Crippen molar-refractivity contribution in [2.24, 2.45) is 0 Å². The number of hydrogen-bond acceptors (Lipinski definition) is 6. The molecule has 2 aromatic rings. The summed E-state index contributed by atoms with van der Waals surface area (Å²) < 4.78 is 0. The Morgan fingerprint density at radius 1 is 1.48 bits per heavy atom. The van der Waals surface area contributed by atoms with E-state index >= 15 is 0 Å². The number of carbonyl (C=O) groups is 1. The molecule has 2 heterocycles. The van der Waals surface area contributed by atoms with Crippen LogP contribution >= 0.6 is 11.3 Å². The van der Waals surface area contributed by atoms with Crippen LogP contribution in [0.3, 0.4) is 0 Å². The summed E-state index contributed by atoms with van der Waals surface area (Å²) in [5.74, 6) is -0.259. The first kappa shape index (κ1) is 15.0. The lowest BCUT2D eigenvalue weighted by Gasteiger charge is -2.27. The maximum atomic E-state index is 12.6. The van der Waals surface area contributed by atoms with Crippen LogP contribution in [0.1, 0.15) is 26.4 Å². The van der Waals surface area contributed by atoms with Crippen molar-refractivity contribution in [3.8, 4) is 6.07 Å². The predicted molar refractivity (Wildman–Crippen MR) is 85.0 cm³/mol. The van der Waals surface area contributed by atoms with Crippen LogP contribution in [-0.4, -0.2) is 22.3 Å². The lowest BCUT2D eigenvalue weighted by Crippen LogP contribution is -2.35. The molecular formula is C15H12N4O3S. The molecule has 0 saturated heterocycles. The monoisotopic (exact) mass is 328 g/mol. The van der Waals surface area contributed by atoms with Crippen molar-refractivity contribution in [1.29, 1.82) is 5.26 Å². The summed E-state index contributed by atoms with van der Waals surface area (Å²) in [7, 11) is 0. The van der Waals surface area contributed by atoms with E-state index in [1.54, 1.807) is 11.0 Å². The van der Waals surface area contributed by atoms with E-state index in [4.69, 9.17) is 11.0 Å². The third kappa shape index (κ3) is 2.62. The Hall–Kier alpha value is -2.92. The number of nitrogens with two attached hydrogens (primary N) is 1. The number of benzene rings is 1. The van der Waals surface area contributed by atoms with Crippen molar-refractivity contribution in [3.05, 3.63) is 55.9 Å². The molecule has 0 bridgehead atoms. The van der Waals surface area contributed by atoms with Gasteiger partial charge in [0.25, 0.3) is 11.6 Å². The lowest BCUT2D eigenvalue weighted by atomic mass is 10.0. The molecule has 7 nitrogen and oxygen atoms in total. The van der Waals surface area contributed by atoms with Gasteiger partial charge in [-0.2, -0.15) is 5.26 Å². The minimum Gasteiger partial charge on any atom is -0.389 e. The van der Waals surface area contributed by atoms with E-state index < -0.39 is 4.92 Å². The number of nitro benzene ring substituents is 1.